The first-order valence-corrected chi connectivity index (χ1v) is 8.51. The van der Waals surface area contributed by atoms with Crippen molar-refractivity contribution in [1.82, 2.24) is 4.98 Å². The van der Waals surface area contributed by atoms with Gasteiger partial charge in [-0.25, -0.2) is 9.98 Å². The molecule has 0 aliphatic carbocycles. The number of benzene rings is 2. The zero-order valence-electron chi connectivity index (χ0n) is 13.0. The Balaban J connectivity index is 1.87. The van der Waals surface area contributed by atoms with Crippen molar-refractivity contribution in [2.45, 2.75) is 0 Å². The second-order valence-electron chi connectivity index (χ2n) is 5.24. The van der Waals surface area contributed by atoms with Gasteiger partial charge in [-0.05, 0) is 24.3 Å². The molecule has 1 amide bonds. The van der Waals surface area contributed by atoms with Crippen LogP contribution in [0.4, 0.5) is 10.8 Å². The summed E-state index contributed by atoms with van der Waals surface area (Å²) in [5, 5.41) is 5.94. The number of para-hydroxylation sites is 2. The molecule has 0 aliphatic heterocycles. The van der Waals surface area contributed by atoms with Gasteiger partial charge in [-0.1, -0.05) is 36.4 Å². The highest BCUT2D eigenvalue weighted by molar-refractivity contribution is 7.13. The lowest BCUT2D eigenvalue weighted by molar-refractivity contribution is 0.102. The van der Waals surface area contributed by atoms with Crippen LogP contribution in [0.3, 0.4) is 0 Å². The van der Waals surface area contributed by atoms with E-state index in [1.165, 1.54) is 11.3 Å². The van der Waals surface area contributed by atoms with Crippen molar-refractivity contribution >= 4 is 39.0 Å². The number of hydrogen-bond acceptors (Lipinski definition) is 5. The molecule has 0 unspecified atom stereocenters. The first kappa shape index (κ1) is 15.3. The second kappa shape index (κ2) is 6.70. The molecule has 6 heteroatoms. The number of aromatic nitrogens is 1. The standard InChI is InChI=1S/C19H13N3O2S/c23-17(22-19-20-10-11-25-19)15-12-13-6-4-5-9-16(13)24-18(15)21-14-7-2-1-3-8-14/h1-12H,(H,20,22,23). The number of fused-ring (bicyclic) bond motifs is 1. The zero-order valence-corrected chi connectivity index (χ0v) is 13.9. The third-order valence-corrected chi connectivity index (χ3v) is 4.23. The highest BCUT2D eigenvalue weighted by Gasteiger charge is 2.14. The summed E-state index contributed by atoms with van der Waals surface area (Å²) >= 11 is 1.36. The summed E-state index contributed by atoms with van der Waals surface area (Å²) in [7, 11) is 0. The minimum Gasteiger partial charge on any atom is -0.438 e. The van der Waals surface area contributed by atoms with E-state index >= 15 is 0 Å². The maximum absolute atomic E-state index is 12.7. The molecule has 25 heavy (non-hydrogen) atoms. The van der Waals surface area contributed by atoms with E-state index in [9.17, 15) is 4.79 Å². The summed E-state index contributed by atoms with van der Waals surface area (Å²) in [5.74, 6) is -0.306. The summed E-state index contributed by atoms with van der Waals surface area (Å²) in [6.45, 7) is 0. The average Bonchev–Trinajstić information content (AvgIpc) is 3.15. The van der Waals surface area contributed by atoms with E-state index in [-0.39, 0.29) is 11.5 Å². The Morgan fingerprint density at radius 3 is 2.68 bits per heavy atom. The van der Waals surface area contributed by atoms with Gasteiger partial charge in [0.1, 0.15) is 11.1 Å². The quantitative estimate of drug-likeness (QED) is 0.598. The Morgan fingerprint density at radius 1 is 1.08 bits per heavy atom. The molecule has 4 rings (SSSR count). The van der Waals surface area contributed by atoms with Crippen molar-refractivity contribution in [3.8, 4) is 0 Å². The number of anilines is 1. The Labute approximate surface area is 147 Å². The van der Waals surface area contributed by atoms with Crippen molar-refractivity contribution in [2.24, 2.45) is 4.99 Å². The van der Waals surface area contributed by atoms with Crippen LogP contribution in [0, 0.1) is 0 Å². The van der Waals surface area contributed by atoms with Crippen LogP contribution in [0.2, 0.25) is 0 Å². The fourth-order valence-electron chi connectivity index (χ4n) is 2.38. The SMILES string of the molecule is O=C(Nc1nccs1)c1cc2ccccc2oc1=Nc1ccccc1. The Bertz CT molecular complexity index is 1090. The fourth-order valence-corrected chi connectivity index (χ4v) is 2.91. The van der Waals surface area contributed by atoms with E-state index in [0.717, 1.165) is 5.39 Å². The molecule has 4 aromatic rings. The third-order valence-electron chi connectivity index (χ3n) is 3.54. The van der Waals surface area contributed by atoms with E-state index in [1.54, 1.807) is 17.6 Å². The van der Waals surface area contributed by atoms with Crippen LogP contribution in [0.5, 0.6) is 0 Å². The van der Waals surface area contributed by atoms with E-state index < -0.39 is 0 Å². The Morgan fingerprint density at radius 2 is 1.88 bits per heavy atom. The van der Waals surface area contributed by atoms with Crippen LogP contribution in [-0.4, -0.2) is 10.9 Å². The molecule has 2 heterocycles. The van der Waals surface area contributed by atoms with Gasteiger partial charge >= 0.3 is 0 Å². The van der Waals surface area contributed by atoms with Crippen LogP contribution in [0.25, 0.3) is 11.0 Å². The summed E-state index contributed by atoms with van der Waals surface area (Å²) in [6, 6.07) is 18.7. The van der Waals surface area contributed by atoms with Crippen LogP contribution < -0.4 is 10.9 Å². The molecular formula is C19H13N3O2S. The lowest BCUT2D eigenvalue weighted by Gasteiger charge is -2.05. The van der Waals surface area contributed by atoms with E-state index in [2.05, 4.69) is 15.3 Å². The topological polar surface area (TPSA) is 67.5 Å². The normalized spacial score (nSPS) is 11.6. The first-order chi connectivity index (χ1) is 12.3. The minimum absolute atomic E-state index is 0.263. The van der Waals surface area contributed by atoms with Crippen molar-refractivity contribution in [2.75, 3.05) is 5.32 Å². The van der Waals surface area contributed by atoms with Crippen LogP contribution >= 0.6 is 11.3 Å². The lowest BCUT2D eigenvalue weighted by Crippen LogP contribution is -2.21. The Kier molecular flexibility index (Phi) is 4.10. The molecule has 2 aromatic heterocycles. The van der Waals surface area contributed by atoms with Gasteiger partial charge in [0, 0.05) is 17.0 Å². The maximum Gasteiger partial charge on any atom is 0.262 e. The summed E-state index contributed by atoms with van der Waals surface area (Å²) in [5.41, 5.74) is 2.00. The summed E-state index contributed by atoms with van der Waals surface area (Å²) in [4.78, 5) is 21.3. The Hall–Kier alpha value is -3.25. The predicted molar refractivity (Wildman–Crippen MR) is 97.9 cm³/mol. The van der Waals surface area contributed by atoms with Gasteiger partial charge in [0.2, 0.25) is 5.55 Å². The smallest absolute Gasteiger partial charge is 0.262 e. The van der Waals surface area contributed by atoms with Crippen molar-refractivity contribution < 1.29 is 9.21 Å². The molecule has 0 saturated heterocycles. The largest absolute Gasteiger partial charge is 0.438 e. The van der Waals surface area contributed by atoms with Gasteiger partial charge < -0.3 is 4.42 Å². The van der Waals surface area contributed by atoms with Gasteiger partial charge in [0.15, 0.2) is 5.13 Å². The number of nitrogens with one attached hydrogen (secondary N) is 1. The molecule has 0 fully saturated rings. The zero-order chi connectivity index (χ0) is 17.1. The molecule has 0 bridgehead atoms. The molecule has 0 saturated carbocycles. The number of rotatable bonds is 3. The van der Waals surface area contributed by atoms with Crippen LogP contribution in [0.1, 0.15) is 10.4 Å². The molecule has 0 spiro atoms. The average molecular weight is 347 g/mol. The van der Waals surface area contributed by atoms with E-state index in [1.807, 2.05) is 54.6 Å². The number of carbonyl (C=O) groups is 1. The van der Waals surface area contributed by atoms with Gasteiger partial charge in [-0.3, -0.25) is 10.1 Å². The number of carbonyl (C=O) groups excluding carboxylic acids is 1. The number of thiazole rings is 1. The number of hydrogen-bond donors (Lipinski definition) is 1. The molecule has 0 aliphatic rings. The predicted octanol–water partition coefficient (Wildman–Crippen LogP) is 4.37. The molecule has 122 valence electrons. The molecule has 0 atom stereocenters. The molecule has 2 aromatic carbocycles. The van der Waals surface area contributed by atoms with Gasteiger partial charge in [0.25, 0.3) is 5.91 Å². The molecular weight excluding hydrogens is 334 g/mol. The fraction of sp³-hybridized carbons (Fsp3) is 0. The third kappa shape index (κ3) is 3.34. The van der Waals surface area contributed by atoms with Gasteiger partial charge in [-0.15, -0.1) is 11.3 Å². The maximum atomic E-state index is 12.7. The summed E-state index contributed by atoms with van der Waals surface area (Å²) < 4.78 is 5.89. The van der Waals surface area contributed by atoms with E-state index in [4.69, 9.17) is 4.42 Å². The van der Waals surface area contributed by atoms with E-state index in [0.29, 0.717) is 22.0 Å². The van der Waals surface area contributed by atoms with Crippen LogP contribution in [-0.2, 0) is 0 Å². The second-order valence-corrected chi connectivity index (χ2v) is 6.14. The van der Waals surface area contributed by atoms with Gasteiger partial charge in [-0.2, -0.15) is 0 Å². The highest BCUT2D eigenvalue weighted by atomic mass is 32.1. The molecule has 0 radical (unpaired) electrons. The van der Waals surface area contributed by atoms with Crippen molar-refractivity contribution in [3.05, 3.63) is 83.4 Å². The van der Waals surface area contributed by atoms with Crippen LogP contribution in [0.15, 0.2) is 81.7 Å². The molecule has 1 N–H and O–H groups in total. The summed E-state index contributed by atoms with van der Waals surface area (Å²) in [6.07, 6.45) is 1.64. The first-order valence-electron chi connectivity index (χ1n) is 7.63. The van der Waals surface area contributed by atoms with Crippen molar-refractivity contribution in [1.29, 1.82) is 0 Å². The minimum atomic E-state index is -0.306. The molecule has 5 nitrogen and oxygen atoms in total. The number of amides is 1. The van der Waals surface area contributed by atoms with Crippen molar-refractivity contribution in [3.63, 3.8) is 0 Å². The highest BCUT2D eigenvalue weighted by Crippen LogP contribution is 2.17. The monoisotopic (exact) mass is 347 g/mol. The number of nitrogens with zero attached hydrogens (tertiary/aromatic N) is 2. The van der Waals surface area contributed by atoms with Gasteiger partial charge in [0.05, 0.1) is 5.69 Å². The lowest BCUT2D eigenvalue weighted by atomic mass is 10.2.